The Morgan fingerprint density at radius 1 is 1.36 bits per heavy atom. The monoisotopic (exact) mass is 206 g/mol. The van der Waals surface area contributed by atoms with Crippen LogP contribution in [0, 0.1) is 11.8 Å². The molecule has 0 aromatic heterocycles. The van der Waals surface area contributed by atoms with Crippen molar-refractivity contribution in [1.29, 1.82) is 0 Å². The molecule has 0 spiro atoms. The smallest absolute Gasteiger partial charge is 0.384 e. The molecule has 0 bridgehead atoms. The van der Waals surface area contributed by atoms with Crippen LogP contribution in [0.2, 0.25) is 0 Å². The first-order valence-electron chi connectivity index (χ1n) is 4.00. The quantitative estimate of drug-likeness (QED) is 0.399. The largest absolute Gasteiger partial charge is 0.459 e. The van der Waals surface area contributed by atoms with Crippen LogP contribution >= 0.6 is 11.8 Å². The molecule has 0 heterocycles. The fourth-order valence-corrected chi connectivity index (χ4v) is 1.26. The van der Waals surface area contributed by atoms with E-state index in [0.29, 0.717) is 0 Å². The molecular weight excluding hydrogens is 196 g/mol. The van der Waals surface area contributed by atoms with Gasteiger partial charge in [-0.1, -0.05) is 5.92 Å². The first kappa shape index (κ1) is 10.7. The molecular formula is C11H10O2S. The van der Waals surface area contributed by atoms with Crippen LogP contribution in [0.4, 0.5) is 0 Å². The van der Waals surface area contributed by atoms with Crippen molar-refractivity contribution in [2.75, 3.05) is 13.4 Å². The van der Waals surface area contributed by atoms with Gasteiger partial charge in [-0.05, 0) is 30.5 Å². The molecule has 0 aliphatic carbocycles. The highest BCUT2D eigenvalue weighted by atomic mass is 32.2. The number of benzene rings is 1. The Balaban J connectivity index is 2.76. The molecule has 72 valence electrons. The summed E-state index contributed by atoms with van der Waals surface area (Å²) in [5.41, 5.74) is 0.813. The molecule has 0 radical (unpaired) electrons. The summed E-state index contributed by atoms with van der Waals surface area (Å²) < 4.78 is 4.40. The highest BCUT2D eigenvalue weighted by molar-refractivity contribution is 7.98. The summed E-state index contributed by atoms with van der Waals surface area (Å²) in [6.45, 7) is 0. The van der Waals surface area contributed by atoms with Crippen molar-refractivity contribution in [3.05, 3.63) is 29.8 Å². The number of esters is 1. The first-order valence-corrected chi connectivity index (χ1v) is 5.22. The molecule has 0 saturated heterocycles. The molecule has 0 fully saturated rings. The van der Waals surface area contributed by atoms with E-state index in [1.807, 2.05) is 30.5 Å². The molecule has 0 amide bonds. The number of methoxy groups -OCH3 is 1. The molecule has 0 unspecified atom stereocenters. The van der Waals surface area contributed by atoms with Crippen molar-refractivity contribution in [3.8, 4) is 11.8 Å². The summed E-state index contributed by atoms with van der Waals surface area (Å²) >= 11 is 1.67. The molecule has 0 N–H and O–H groups in total. The van der Waals surface area contributed by atoms with Gasteiger partial charge in [-0.25, -0.2) is 4.79 Å². The van der Waals surface area contributed by atoms with Crippen LogP contribution in [-0.4, -0.2) is 19.3 Å². The second-order valence-electron chi connectivity index (χ2n) is 2.47. The standard InChI is InChI=1S/C11H10O2S/c1-13-11(12)8-5-9-3-6-10(14-2)7-4-9/h3-4,6-7H,1-2H3. The lowest BCUT2D eigenvalue weighted by atomic mass is 10.2. The van der Waals surface area contributed by atoms with Gasteiger partial charge < -0.3 is 4.74 Å². The van der Waals surface area contributed by atoms with Gasteiger partial charge in [-0.3, -0.25) is 0 Å². The summed E-state index contributed by atoms with van der Waals surface area (Å²) in [5, 5.41) is 0. The van der Waals surface area contributed by atoms with Gasteiger partial charge in [0.15, 0.2) is 0 Å². The number of carbonyl (C=O) groups excluding carboxylic acids is 1. The van der Waals surface area contributed by atoms with Gasteiger partial charge >= 0.3 is 5.97 Å². The maximum absolute atomic E-state index is 10.7. The molecule has 0 atom stereocenters. The van der Waals surface area contributed by atoms with E-state index in [1.165, 1.54) is 12.0 Å². The van der Waals surface area contributed by atoms with E-state index in [-0.39, 0.29) is 0 Å². The van der Waals surface area contributed by atoms with Gasteiger partial charge in [-0.15, -0.1) is 11.8 Å². The van der Waals surface area contributed by atoms with Crippen LogP contribution in [-0.2, 0) is 9.53 Å². The maximum Gasteiger partial charge on any atom is 0.384 e. The third-order valence-corrected chi connectivity index (χ3v) is 2.33. The van der Waals surface area contributed by atoms with Crippen molar-refractivity contribution >= 4 is 17.7 Å². The Morgan fingerprint density at radius 3 is 2.50 bits per heavy atom. The number of hydrogen-bond donors (Lipinski definition) is 0. The van der Waals surface area contributed by atoms with Crippen LogP contribution in [0.1, 0.15) is 5.56 Å². The van der Waals surface area contributed by atoms with Crippen LogP contribution in [0.15, 0.2) is 29.2 Å². The van der Waals surface area contributed by atoms with Gasteiger partial charge in [0.05, 0.1) is 7.11 Å². The van der Waals surface area contributed by atoms with Gasteiger partial charge in [0.25, 0.3) is 0 Å². The zero-order valence-corrected chi connectivity index (χ0v) is 8.85. The summed E-state index contributed by atoms with van der Waals surface area (Å²) in [6.07, 6.45) is 2.01. The maximum atomic E-state index is 10.7. The number of thioether (sulfide) groups is 1. The average molecular weight is 206 g/mol. The molecule has 0 aliphatic heterocycles. The predicted molar refractivity (Wildman–Crippen MR) is 57.1 cm³/mol. The average Bonchev–Trinajstić information content (AvgIpc) is 2.26. The topological polar surface area (TPSA) is 26.3 Å². The van der Waals surface area contributed by atoms with Crippen LogP contribution in [0.25, 0.3) is 0 Å². The minimum Gasteiger partial charge on any atom is -0.459 e. The molecule has 1 rings (SSSR count). The number of hydrogen-bond acceptors (Lipinski definition) is 3. The summed E-state index contributed by atoms with van der Waals surface area (Å²) in [6, 6.07) is 7.68. The van der Waals surface area contributed by atoms with Crippen molar-refractivity contribution in [1.82, 2.24) is 0 Å². The fourth-order valence-electron chi connectivity index (χ4n) is 0.849. The zero-order chi connectivity index (χ0) is 10.4. The molecule has 1 aromatic carbocycles. The van der Waals surface area contributed by atoms with Crippen LogP contribution < -0.4 is 0 Å². The lowest BCUT2D eigenvalue weighted by molar-refractivity contribution is -0.133. The van der Waals surface area contributed by atoms with Crippen molar-refractivity contribution in [3.63, 3.8) is 0 Å². The highest BCUT2D eigenvalue weighted by Crippen LogP contribution is 2.14. The second-order valence-corrected chi connectivity index (χ2v) is 3.35. The van der Waals surface area contributed by atoms with Gasteiger partial charge in [0.1, 0.15) is 0 Å². The number of carbonyl (C=O) groups is 1. The van der Waals surface area contributed by atoms with Gasteiger partial charge in [-0.2, -0.15) is 0 Å². The van der Waals surface area contributed by atoms with E-state index in [0.717, 1.165) is 5.56 Å². The van der Waals surface area contributed by atoms with Crippen molar-refractivity contribution in [2.45, 2.75) is 4.90 Å². The second kappa shape index (κ2) is 5.36. The molecule has 0 aliphatic rings. The highest BCUT2D eigenvalue weighted by Gasteiger charge is 1.91. The van der Waals surface area contributed by atoms with E-state index in [4.69, 9.17) is 0 Å². The Labute approximate surface area is 87.7 Å². The lowest BCUT2D eigenvalue weighted by Crippen LogP contribution is -1.94. The van der Waals surface area contributed by atoms with Crippen LogP contribution in [0.3, 0.4) is 0 Å². The normalized spacial score (nSPS) is 8.71. The van der Waals surface area contributed by atoms with E-state index in [2.05, 4.69) is 16.6 Å². The Kier molecular flexibility index (Phi) is 4.09. The minimum atomic E-state index is -0.515. The van der Waals surface area contributed by atoms with Gasteiger partial charge in [0.2, 0.25) is 0 Å². The van der Waals surface area contributed by atoms with Crippen LogP contribution in [0.5, 0.6) is 0 Å². The van der Waals surface area contributed by atoms with Crippen molar-refractivity contribution < 1.29 is 9.53 Å². The van der Waals surface area contributed by atoms with Gasteiger partial charge in [0, 0.05) is 16.4 Å². The van der Waals surface area contributed by atoms with E-state index >= 15 is 0 Å². The fraction of sp³-hybridized carbons (Fsp3) is 0.182. The molecule has 2 nitrogen and oxygen atoms in total. The predicted octanol–water partition coefficient (Wildman–Crippen LogP) is 1.93. The zero-order valence-electron chi connectivity index (χ0n) is 8.03. The molecule has 0 saturated carbocycles. The Morgan fingerprint density at radius 2 is 2.00 bits per heavy atom. The third-order valence-electron chi connectivity index (χ3n) is 1.58. The molecule has 3 heteroatoms. The third kappa shape index (κ3) is 3.15. The molecule has 1 aromatic rings. The minimum absolute atomic E-state index is 0.515. The Hall–Kier alpha value is -1.40. The first-order chi connectivity index (χ1) is 6.76. The number of ether oxygens (including phenoxy) is 1. The van der Waals surface area contributed by atoms with E-state index < -0.39 is 5.97 Å². The van der Waals surface area contributed by atoms with E-state index in [9.17, 15) is 4.79 Å². The summed E-state index contributed by atoms with van der Waals surface area (Å²) in [5.74, 6) is 4.57. The summed E-state index contributed by atoms with van der Waals surface area (Å²) in [7, 11) is 1.31. The summed E-state index contributed by atoms with van der Waals surface area (Å²) in [4.78, 5) is 11.9. The van der Waals surface area contributed by atoms with E-state index in [1.54, 1.807) is 11.8 Å². The lowest BCUT2D eigenvalue weighted by Gasteiger charge is -1.94. The Bertz CT molecular complexity index is 371. The van der Waals surface area contributed by atoms with Crippen molar-refractivity contribution in [2.24, 2.45) is 0 Å². The molecule has 14 heavy (non-hydrogen) atoms. The number of rotatable bonds is 1. The SMILES string of the molecule is COC(=O)C#Cc1ccc(SC)cc1.